The molecule has 1 saturated heterocycles. The molecule has 154 valence electrons. The Morgan fingerprint density at radius 3 is 2.43 bits per heavy atom. The summed E-state index contributed by atoms with van der Waals surface area (Å²) in [6.07, 6.45) is 7.63. The molecule has 3 rings (SSSR count). The van der Waals surface area contributed by atoms with Crippen molar-refractivity contribution in [3.05, 3.63) is 82.4 Å². The molecule has 0 aliphatic carbocycles. The van der Waals surface area contributed by atoms with Crippen LogP contribution in [0.3, 0.4) is 0 Å². The molecular weight excluding hydrogens is 416 g/mol. The number of carbonyl (C=O) groups excluding carboxylic acids is 2. The third-order valence-corrected chi connectivity index (χ3v) is 5.27. The predicted octanol–water partition coefficient (Wildman–Crippen LogP) is 5.68. The lowest BCUT2D eigenvalue weighted by Crippen LogP contribution is -2.54. The molecule has 6 heteroatoms. The lowest BCUT2D eigenvalue weighted by molar-refractivity contribution is -0.122. The highest BCUT2D eigenvalue weighted by molar-refractivity contribution is 7.80. The monoisotopic (exact) mass is 438 g/mol. The van der Waals surface area contributed by atoms with Gasteiger partial charge in [0.1, 0.15) is 5.57 Å². The van der Waals surface area contributed by atoms with Gasteiger partial charge in [-0.3, -0.25) is 19.8 Å². The molecule has 2 aromatic carbocycles. The molecule has 2 aromatic rings. The van der Waals surface area contributed by atoms with E-state index in [4.69, 9.17) is 23.8 Å². The normalized spacial score (nSPS) is 16.2. The van der Waals surface area contributed by atoms with Crippen molar-refractivity contribution in [1.29, 1.82) is 0 Å². The molecule has 1 heterocycles. The molecule has 30 heavy (non-hydrogen) atoms. The van der Waals surface area contributed by atoms with E-state index in [1.807, 2.05) is 36.4 Å². The summed E-state index contributed by atoms with van der Waals surface area (Å²) >= 11 is 11.2. The molecule has 2 amide bonds. The number of hydrogen-bond acceptors (Lipinski definition) is 3. The zero-order valence-corrected chi connectivity index (χ0v) is 18.3. The highest BCUT2D eigenvalue weighted by Crippen LogP contribution is 2.24. The Labute approximate surface area is 187 Å². The Kier molecular flexibility index (Phi) is 7.55. The second-order valence-corrected chi connectivity index (χ2v) is 7.84. The van der Waals surface area contributed by atoms with Gasteiger partial charge >= 0.3 is 0 Å². The van der Waals surface area contributed by atoms with Gasteiger partial charge < -0.3 is 0 Å². The van der Waals surface area contributed by atoms with Crippen LogP contribution in [0.1, 0.15) is 38.2 Å². The molecule has 1 aliphatic heterocycles. The number of nitrogens with zero attached hydrogens (tertiary/aromatic N) is 1. The van der Waals surface area contributed by atoms with E-state index in [1.54, 1.807) is 30.3 Å². The summed E-state index contributed by atoms with van der Waals surface area (Å²) in [6, 6.07) is 16.6. The van der Waals surface area contributed by atoms with E-state index in [0.717, 1.165) is 36.8 Å². The first-order valence-electron chi connectivity index (χ1n) is 9.92. The van der Waals surface area contributed by atoms with E-state index >= 15 is 0 Å². The fourth-order valence-corrected chi connectivity index (χ4v) is 3.60. The van der Waals surface area contributed by atoms with Gasteiger partial charge in [-0.2, -0.15) is 0 Å². The minimum atomic E-state index is -0.482. The van der Waals surface area contributed by atoms with Crippen molar-refractivity contribution in [1.82, 2.24) is 5.32 Å². The Morgan fingerprint density at radius 1 is 1.07 bits per heavy atom. The van der Waals surface area contributed by atoms with Crippen LogP contribution in [0.25, 0.3) is 6.08 Å². The zero-order valence-electron chi connectivity index (χ0n) is 16.7. The number of unbranched alkanes of at least 4 members (excludes halogenated alkanes) is 2. The van der Waals surface area contributed by atoms with Crippen LogP contribution in [0.2, 0.25) is 5.02 Å². The fraction of sp³-hybridized carbons (Fsp3) is 0.208. The molecule has 0 unspecified atom stereocenters. The van der Waals surface area contributed by atoms with Crippen LogP contribution in [-0.4, -0.2) is 16.9 Å². The summed E-state index contributed by atoms with van der Waals surface area (Å²) in [5.74, 6) is -0.926. The van der Waals surface area contributed by atoms with Crippen molar-refractivity contribution in [3.63, 3.8) is 0 Å². The number of rotatable bonds is 7. The lowest BCUT2D eigenvalue weighted by atomic mass is 10.00. The van der Waals surface area contributed by atoms with Gasteiger partial charge in [0, 0.05) is 5.02 Å². The Bertz CT molecular complexity index is 998. The van der Waals surface area contributed by atoms with Crippen LogP contribution < -0.4 is 10.2 Å². The number of nitrogens with one attached hydrogen (secondary N) is 1. The van der Waals surface area contributed by atoms with Crippen LogP contribution in [0.15, 0.2) is 71.8 Å². The lowest BCUT2D eigenvalue weighted by Gasteiger charge is -2.29. The number of allylic oxidation sites excluding steroid dienone is 2. The molecule has 0 bridgehead atoms. The van der Waals surface area contributed by atoms with E-state index in [0.29, 0.717) is 10.7 Å². The molecule has 1 aliphatic rings. The number of amides is 2. The van der Waals surface area contributed by atoms with Crippen LogP contribution in [-0.2, 0) is 9.59 Å². The van der Waals surface area contributed by atoms with Crippen molar-refractivity contribution in [3.8, 4) is 0 Å². The van der Waals surface area contributed by atoms with Crippen molar-refractivity contribution < 1.29 is 9.59 Å². The molecule has 0 aromatic heterocycles. The summed E-state index contributed by atoms with van der Waals surface area (Å²) < 4.78 is 0. The highest BCUT2D eigenvalue weighted by Gasteiger charge is 2.34. The first kappa shape index (κ1) is 21.9. The van der Waals surface area contributed by atoms with E-state index in [1.165, 1.54) is 4.90 Å². The average molecular weight is 439 g/mol. The van der Waals surface area contributed by atoms with E-state index < -0.39 is 11.8 Å². The van der Waals surface area contributed by atoms with Crippen LogP contribution in [0.4, 0.5) is 5.69 Å². The molecule has 0 atom stereocenters. The Balaban J connectivity index is 1.96. The van der Waals surface area contributed by atoms with Crippen LogP contribution in [0, 0.1) is 0 Å². The van der Waals surface area contributed by atoms with Gasteiger partial charge in [0.2, 0.25) is 0 Å². The van der Waals surface area contributed by atoms with Gasteiger partial charge in [-0.05, 0) is 66.5 Å². The zero-order chi connectivity index (χ0) is 21.5. The van der Waals surface area contributed by atoms with Gasteiger partial charge in [-0.15, -0.1) is 0 Å². The smallest absolute Gasteiger partial charge is 0.270 e. The molecule has 1 N–H and O–H groups in total. The molecular formula is C24H23ClN2O2S. The van der Waals surface area contributed by atoms with E-state index in [-0.39, 0.29) is 10.7 Å². The molecule has 0 spiro atoms. The first-order chi connectivity index (χ1) is 14.5. The second kappa shape index (κ2) is 10.3. The van der Waals surface area contributed by atoms with Gasteiger partial charge in [0.25, 0.3) is 11.8 Å². The predicted molar refractivity (Wildman–Crippen MR) is 126 cm³/mol. The summed E-state index contributed by atoms with van der Waals surface area (Å²) in [5, 5.41) is 3.24. The molecule has 4 nitrogen and oxygen atoms in total. The first-order valence-corrected chi connectivity index (χ1v) is 10.7. The van der Waals surface area contributed by atoms with Crippen LogP contribution >= 0.6 is 23.8 Å². The number of benzene rings is 2. The summed E-state index contributed by atoms with van der Waals surface area (Å²) in [4.78, 5) is 27.1. The third kappa shape index (κ3) is 5.43. The number of halogens is 1. The van der Waals surface area contributed by atoms with Gasteiger partial charge in [-0.25, -0.2) is 0 Å². The largest absolute Gasteiger partial charge is 0.298 e. The fourth-order valence-electron chi connectivity index (χ4n) is 3.20. The SMILES string of the molecule is CCCCCC(/C=C1/C(=O)NC(=S)N(c2ccc(Cl)cc2)C1=O)=C\c1ccccc1. The number of thiocarbonyl (C=S) groups is 1. The van der Waals surface area contributed by atoms with Crippen molar-refractivity contribution in [2.45, 2.75) is 32.6 Å². The maximum atomic E-state index is 13.2. The maximum absolute atomic E-state index is 13.2. The molecule has 0 radical (unpaired) electrons. The van der Waals surface area contributed by atoms with Gasteiger partial charge in [0.05, 0.1) is 5.69 Å². The Morgan fingerprint density at radius 2 is 1.77 bits per heavy atom. The topological polar surface area (TPSA) is 49.4 Å². The molecule has 1 fully saturated rings. The second-order valence-electron chi connectivity index (χ2n) is 7.02. The van der Waals surface area contributed by atoms with Gasteiger partial charge in [0.15, 0.2) is 5.11 Å². The summed E-state index contributed by atoms with van der Waals surface area (Å²) in [7, 11) is 0. The number of anilines is 1. The molecule has 0 saturated carbocycles. The Hall–Kier alpha value is -2.76. The van der Waals surface area contributed by atoms with E-state index in [2.05, 4.69) is 12.2 Å². The maximum Gasteiger partial charge on any atom is 0.270 e. The van der Waals surface area contributed by atoms with Crippen LogP contribution in [0.5, 0.6) is 0 Å². The summed E-state index contributed by atoms with van der Waals surface area (Å²) in [6.45, 7) is 2.14. The van der Waals surface area contributed by atoms with Crippen molar-refractivity contribution >= 4 is 52.5 Å². The summed E-state index contributed by atoms with van der Waals surface area (Å²) in [5.41, 5.74) is 2.57. The van der Waals surface area contributed by atoms with Gasteiger partial charge in [-0.1, -0.05) is 67.8 Å². The minimum Gasteiger partial charge on any atom is -0.298 e. The highest BCUT2D eigenvalue weighted by atomic mass is 35.5. The third-order valence-electron chi connectivity index (χ3n) is 4.74. The van der Waals surface area contributed by atoms with Crippen molar-refractivity contribution in [2.75, 3.05) is 4.90 Å². The van der Waals surface area contributed by atoms with E-state index in [9.17, 15) is 9.59 Å². The van der Waals surface area contributed by atoms with Crippen molar-refractivity contribution in [2.24, 2.45) is 0 Å². The quantitative estimate of drug-likeness (QED) is 0.262. The standard InChI is InChI=1S/C24H23ClN2O2S/c1-2-3-5-10-18(15-17-8-6-4-7-9-17)16-21-22(28)26-24(30)27(23(21)29)20-13-11-19(25)12-14-20/h4,6-9,11-16H,2-3,5,10H2,1H3,(H,26,28,30)/b18-15+,21-16-. The average Bonchev–Trinajstić information content (AvgIpc) is 2.73. The minimum absolute atomic E-state index is 0.0593. The number of carbonyl (C=O) groups is 2. The number of hydrogen-bond donors (Lipinski definition) is 1.